The second kappa shape index (κ2) is 12.4. The molecule has 41 heavy (non-hydrogen) atoms. The molecule has 0 aromatic rings. The van der Waals surface area contributed by atoms with Gasteiger partial charge in [-0.2, -0.15) is 0 Å². The first-order valence-corrected chi connectivity index (χ1v) is 15.3. The van der Waals surface area contributed by atoms with Gasteiger partial charge in [0.25, 0.3) is 5.60 Å². The average molecular weight is 573 g/mol. The lowest BCUT2D eigenvalue weighted by molar-refractivity contribution is -0.194. The summed E-state index contributed by atoms with van der Waals surface area (Å²) in [7, 11) is 1.29. The Morgan fingerprint density at radius 3 is 2.41 bits per heavy atom. The number of aliphatic hydroxyl groups is 1. The minimum absolute atomic E-state index is 0.129. The van der Waals surface area contributed by atoms with E-state index >= 15 is 0 Å². The molecule has 7 nitrogen and oxygen atoms in total. The highest BCUT2D eigenvalue weighted by Gasteiger charge is 2.63. The van der Waals surface area contributed by atoms with Crippen LogP contribution >= 0.6 is 0 Å². The Kier molecular flexibility index (Phi) is 10.0. The first-order chi connectivity index (χ1) is 19.1. The maximum Gasteiger partial charge on any atom is 0.358 e. The minimum Gasteiger partial charge on any atom is -0.471 e. The molecule has 1 N–H and O–H groups in total. The summed E-state index contributed by atoms with van der Waals surface area (Å²) >= 11 is 0. The molecule has 0 aromatic carbocycles. The number of methoxy groups -OCH3 is 1. The Morgan fingerprint density at radius 1 is 1.22 bits per heavy atom. The first-order valence-electron chi connectivity index (χ1n) is 15.3. The summed E-state index contributed by atoms with van der Waals surface area (Å²) in [6.07, 6.45) is 6.18. The first kappa shape index (κ1) is 33.1. The lowest BCUT2D eigenvalue weighted by Crippen LogP contribution is -2.59. The van der Waals surface area contributed by atoms with Crippen LogP contribution in [0.25, 0.3) is 0 Å². The minimum atomic E-state index is -1.72. The van der Waals surface area contributed by atoms with E-state index in [0.29, 0.717) is 24.2 Å². The fourth-order valence-electron chi connectivity index (χ4n) is 7.87. The summed E-state index contributed by atoms with van der Waals surface area (Å²) in [6.45, 7) is 20.3. The number of carbonyl (C=O) groups is 3. The number of esters is 2. The van der Waals surface area contributed by atoms with Crippen LogP contribution < -0.4 is 0 Å². The SMILES string of the molecule is C=C1CC[C@H]2[C@](C)(CCC=C(C)C)[C@@H](OC(=O)[C@H](O)[C@@H](C)CC)CC[C@]2(C)[C@@H]1C[C@]1(C(=O)OC)OC(C)=C(C)C1=O. The number of hydrogen-bond acceptors (Lipinski definition) is 7. The van der Waals surface area contributed by atoms with Crippen LogP contribution in [0.15, 0.2) is 35.1 Å². The van der Waals surface area contributed by atoms with Crippen molar-refractivity contribution in [2.45, 2.75) is 125 Å². The van der Waals surface area contributed by atoms with Crippen LogP contribution in [0.4, 0.5) is 0 Å². The van der Waals surface area contributed by atoms with Crippen molar-refractivity contribution in [3.63, 3.8) is 0 Å². The van der Waals surface area contributed by atoms with Gasteiger partial charge in [-0.15, -0.1) is 0 Å². The van der Waals surface area contributed by atoms with E-state index in [0.717, 1.165) is 37.7 Å². The molecule has 2 fully saturated rings. The Balaban J connectivity index is 2.02. The zero-order valence-corrected chi connectivity index (χ0v) is 26.7. The number of hydrogen-bond donors (Lipinski definition) is 1. The molecule has 0 unspecified atom stereocenters. The summed E-state index contributed by atoms with van der Waals surface area (Å²) in [5.74, 6) is -1.35. The number of allylic oxidation sites excluding steroid dienone is 4. The Bertz CT molecular complexity index is 1110. The summed E-state index contributed by atoms with van der Waals surface area (Å²) in [6, 6.07) is 0. The van der Waals surface area contributed by atoms with Gasteiger partial charge in [0.2, 0.25) is 5.78 Å². The standard InChI is InChI=1S/C34H52O7/c1-11-21(4)28(35)30(37)40-27-16-18-32(8)25(19-34(31(38)39-10)29(36)23(6)24(7)41-34)22(5)14-15-26(32)33(27,9)17-12-13-20(2)3/h13,21,25-28,35H,5,11-12,14-19H2,1-4,6-10H3/t21-,25+,26+,27-,28+,32+,33-,34-/m0/s1. The summed E-state index contributed by atoms with van der Waals surface area (Å²) in [5.41, 5.74) is 0.274. The van der Waals surface area contributed by atoms with Crippen molar-refractivity contribution in [1.29, 1.82) is 0 Å². The van der Waals surface area contributed by atoms with Crippen molar-refractivity contribution >= 4 is 17.7 Å². The summed E-state index contributed by atoms with van der Waals surface area (Å²) in [4.78, 5) is 39.9. The lowest BCUT2D eigenvalue weighted by Gasteiger charge is -2.61. The molecule has 0 spiro atoms. The van der Waals surface area contributed by atoms with Gasteiger partial charge in [0.15, 0.2) is 6.10 Å². The van der Waals surface area contributed by atoms with Gasteiger partial charge in [0, 0.05) is 17.4 Å². The molecule has 0 radical (unpaired) electrons. The largest absolute Gasteiger partial charge is 0.471 e. The van der Waals surface area contributed by atoms with E-state index < -0.39 is 23.6 Å². The third kappa shape index (κ3) is 5.93. The van der Waals surface area contributed by atoms with Gasteiger partial charge in [-0.3, -0.25) is 4.79 Å². The van der Waals surface area contributed by atoms with E-state index in [-0.39, 0.29) is 46.9 Å². The molecule has 2 aliphatic carbocycles. The average Bonchev–Trinajstić information content (AvgIpc) is 3.14. The molecule has 1 heterocycles. The summed E-state index contributed by atoms with van der Waals surface area (Å²) in [5, 5.41) is 10.6. The predicted molar refractivity (Wildman–Crippen MR) is 159 cm³/mol. The maximum absolute atomic E-state index is 13.5. The quantitative estimate of drug-likeness (QED) is 0.178. The van der Waals surface area contributed by atoms with Gasteiger partial charge in [-0.05, 0) is 89.4 Å². The Hall–Kier alpha value is -2.41. The van der Waals surface area contributed by atoms with Crippen molar-refractivity contribution in [3.05, 3.63) is 35.1 Å². The number of carbonyl (C=O) groups excluding carboxylic acids is 3. The molecule has 3 rings (SSSR count). The van der Waals surface area contributed by atoms with E-state index in [1.54, 1.807) is 13.8 Å². The zero-order chi connectivity index (χ0) is 30.9. The van der Waals surface area contributed by atoms with Crippen LogP contribution in [0.3, 0.4) is 0 Å². The van der Waals surface area contributed by atoms with Crippen LogP contribution in [0.5, 0.6) is 0 Å². The second-order valence-electron chi connectivity index (χ2n) is 13.6. The maximum atomic E-state index is 13.5. The molecule has 1 aliphatic heterocycles. The number of Topliss-reactive ketones (excluding diaryl/α,β-unsaturated/α-hetero) is 1. The van der Waals surface area contributed by atoms with Gasteiger partial charge < -0.3 is 19.3 Å². The van der Waals surface area contributed by atoms with Gasteiger partial charge in [0.05, 0.1) is 7.11 Å². The topological polar surface area (TPSA) is 99.1 Å². The van der Waals surface area contributed by atoms with Crippen molar-refractivity contribution < 1.29 is 33.7 Å². The Morgan fingerprint density at radius 2 is 1.88 bits per heavy atom. The molecule has 2 saturated carbocycles. The van der Waals surface area contributed by atoms with Crippen molar-refractivity contribution in [3.8, 4) is 0 Å². The normalized spacial score (nSPS) is 34.8. The zero-order valence-electron chi connectivity index (χ0n) is 26.7. The van der Waals surface area contributed by atoms with Crippen molar-refractivity contribution in [2.75, 3.05) is 7.11 Å². The van der Waals surface area contributed by atoms with E-state index in [9.17, 15) is 19.5 Å². The highest BCUT2D eigenvalue weighted by Crippen LogP contribution is 2.64. The number of aliphatic hydroxyl groups excluding tert-OH is 1. The highest BCUT2D eigenvalue weighted by atomic mass is 16.6. The monoisotopic (exact) mass is 572 g/mol. The molecule has 8 atom stereocenters. The lowest BCUT2D eigenvalue weighted by atomic mass is 9.44. The van der Waals surface area contributed by atoms with E-state index in [1.165, 1.54) is 12.7 Å². The smallest absolute Gasteiger partial charge is 0.358 e. The van der Waals surface area contributed by atoms with Gasteiger partial charge in [-0.1, -0.05) is 57.9 Å². The fourth-order valence-corrected chi connectivity index (χ4v) is 7.87. The number of ketones is 1. The molecule has 3 aliphatic rings. The second-order valence-corrected chi connectivity index (χ2v) is 13.6. The molecule has 0 aromatic heterocycles. The third-order valence-corrected chi connectivity index (χ3v) is 10.8. The molecule has 7 heteroatoms. The van der Waals surface area contributed by atoms with Crippen LogP contribution in [0.2, 0.25) is 0 Å². The van der Waals surface area contributed by atoms with Crippen LogP contribution in [0, 0.1) is 28.6 Å². The molecular formula is C34H52O7. The summed E-state index contributed by atoms with van der Waals surface area (Å²) < 4.78 is 17.4. The number of ether oxygens (including phenoxy) is 3. The number of rotatable bonds is 10. The van der Waals surface area contributed by atoms with Crippen LogP contribution in [-0.4, -0.2) is 47.7 Å². The van der Waals surface area contributed by atoms with Crippen molar-refractivity contribution in [1.82, 2.24) is 0 Å². The van der Waals surface area contributed by atoms with Gasteiger partial charge >= 0.3 is 11.9 Å². The molecule has 0 amide bonds. The van der Waals surface area contributed by atoms with E-state index in [2.05, 4.69) is 40.3 Å². The molecule has 0 bridgehead atoms. The van der Waals surface area contributed by atoms with Crippen LogP contribution in [0.1, 0.15) is 107 Å². The molecule has 0 saturated heterocycles. The van der Waals surface area contributed by atoms with E-state index in [1.807, 2.05) is 13.8 Å². The highest BCUT2D eigenvalue weighted by molar-refractivity contribution is 6.16. The Labute approximate surface area is 246 Å². The van der Waals surface area contributed by atoms with E-state index in [4.69, 9.17) is 14.2 Å². The predicted octanol–water partition coefficient (Wildman–Crippen LogP) is 6.64. The third-order valence-electron chi connectivity index (χ3n) is 10.8. The number of fused-ring (bicyclic) bond motifs is 1. The van der Waals surface area contributed by atoms with Gasteiger partial charge in [0.1, 0.15) is 11.9 Å². The van der Waals surface area contributed by atoms with Crippen molar-refractivity contribution in [2.24, 2.45) is 28.6 Å². The molecular weight excluding hydrogens is 520 g/mol. The fraction of sp³-hybridized carbons (Fsp3) is 0.735. The molecule has 230 valence electrons. The van der Waals surface area contributed by atoms with Crippen LogP contribution in [-0.2, 0) is 28.6 Å². The van der Waals surface area contributed by atoms with Gasteiger partial charge in [-0.25, -0.2) is 9.59 Å².